The molecule has 0 spiro atoms. The molecule has 1 aromatic rings. The van der Waals surface area contributed by atoms with E-state index in [1.807, 2.05) is 0 Å². The van der Waals surface area contributed by atoms with Crippen LogP contribution in [-0.4, -0.2) is 12.4 Å². The molecule has 0 fully saturated rings. The van der Waals surface area contributed by atoms with Crippen LogP contribution in [0.2, 0.25) is 5.02 Å². The van der Waals surface area contributed by atoms with Gasteiger partial charge in [-0.25, -0.2) is 4.39 Å². The van der Waals surface area contributed by atoms with Crippen molar-refractivity contribution in [3.05, 3.63) is 34.6 Å². The van der Waals surface area contributed by atoms with Crippen LogP contribution in [0.1, 0.15) is 18.9 Å². The molecular formula is C12H16Cl2FN. The Balaban J connectivity index is 2.40. The van der Waals surface area contributed by atoms with E-state index < -0.39 is 0 Å². The molecule has 0 aliphatic rings. The molecule has 1 atom stereocenters. The van der Waals surface area contributed by atoms with Gasteiger partial charge >= 0.3 is 0 Å². The Labute approximate surface area is 106 Å². The van der Waals surface area contributed by atoms with Crippen molar-refractivity contribution in [2.24, 2.45) is 5.92 Å². The lowest BCUT2D eigenvalue weighted by molar-refractivity contribution is 0.494. The molecule has 1 nitrogen and oxygen atoms in total. The van der Waals surface area contributed by atoms with Crippen LogP contribution in [0.15, 0.2) is 18.2 Å². The van der Waals surface area contributed by atoms with Crippen molar-refractivity contribution < 1.29 is 4.39 Å². The highest BCUT2D eigenvalue weighted by Gasteiger charge is 2.06. The molecular weight excluding hydrogens is 248 g/mol. The molecule has 0 amide bonds. The van der Waals surface area contributed by atoms with E-state index in [0.29, 0.717) is 23.9 Å². The molecule has 16 heavy (non-hydrogen) atoms. The molecule has 1 unspecified atom stereocenters. The van der Waals surface area contributed by atoms with E-state index >= 15 is 0 Å². The lowest BCUT2D eigenvalue weighted by Crippen LogP contribution is -2.21. The maximum atomic E-state index is 13.5. The molecule has 0 bridgehead atoms. The lowest BCUT2D eigenvalue weighted by Gasteiger charge is -2.11. The van der Waals surface area contributed by atoms with Gasteiger partial charge in [-0.15, -0.1) is 11.6 Å². The first kappa shape index (κ1) is 13.8. The zero-order chi connectivity index (χ0) is 12.0. The molecule has 0 saturated carbocycles. The van der Waals surface area contributed by atoms with Gasteiger partial charge in [-0.2, -0.15) is 0 Å². The predicted molar refractivity (Wildman–Crippen MR) is 67.6 cm³/mol. The van der Waals surface area contributed by atoms with Crippen LogP contribution in [0.4, 0.5) is 4.39 Å². The summed E-state index contributed by atoms with van der Waals surface area (Å²) in [5.41, 5.74) is 0.602. The monoisotopic (exact) mass is 263 g/mol. The minimum Gasteiger partial charge on any atom is -0.312 e. The third kappa shape index (κ3) is 4.28. The van der Waals surface area contributed by atoms with E-state index in [1.54, 1.807) is 18.2 Å². The summed E-state index contributed by atoms with van der Waals surface area (Å²) in [7, 11) is 0. The number of alkyl halides is 1. The summed E-state index contributed by atoms with van der Waals surface area (Å²) in [5, 5.41) is 3.37. The molecule has 0 saturated heterocycles. The van der Waals surface area contributed by atoms with Crippen molar-refractivity contribution in [3.8, 4) is 0 Å². The van der Waals surface area contributed by atoms with Crippen LogP contribution in [0.3, 0.4) is 0 Å². The van der Waals surface area contributed by atoms with Gasteiger partial charge in [-0.3, -0.25) is 0 Å². The fourth-order valence-corrected chi connectivity index (χ4v) is 1.99. The maximum Gasteiger partial charge on any atom is 0.146 e. The highest BCUT2D eigenvalue weighted by atomic mass is 35.5. The number of rotatable bonds is 6. The van der Waals surface area contributed by atoms with E-state index in [0.717, 1.165) is 13.0 Å². The van der Waals surface area contributed by atoms with Crippen molar-refractivity contribution in [2.75, 3.05) is 12.4 Å². The Bertz CT molecular complexity index is 331. The molecule has 1 rings (SSSR count). The Morgan fingerprint density at radius 3 is 2.88 bits per heavy atom. The molecule has 0 aliphatic heterocycles. The van der Waals surface area contributed by atoms with Crippen molar-refractivity contribution >= 4 is 23.2 Å². The first-order valence-electron chi connectivity index (χ1n) is 5.34. The van der Waals surface area contributed by atoms with Crippen LogP contribution >= 0.6 is 23.2 Å². The summed E-state index contributed by atoms with van der Waals surface area (Å²) < 4.78 is 13.5. The zero-order valence-electron chi connectivity index (χ0n) is 9.27. The van der Waals surface area contributed by atoms with Gasteiger partial charge in [-0.1, -0.05) is 30.7 Å². The average molecular weight is 264 g/mol. The summed E-state index contributed by atoms with van der Waals surface area (Å²) in [6, 6.07) is 5.04. The summed E-state index contributed by atoms with van der Waals surface area (Å²) >= 11 is 11.3. The second-order valence-corrected chi connectivity index (χ2v) is 4.71. The number of hydrogen-bond donors (Lipinski definition) is 1. The lowest BCUT2D eigenvalue weighted by atomic mass is 10.1. The number of halogens is 3. The zero-order valence-corrected chi connectivity index (χ0v) is 10.8. The molecule has 0 aliphatic carbocycles. The maximum absolute atomic E-state index is 13.5. The number of nitrogens with one attached hydrogen (secondary N) is 1. The van der Waals surface area contributed by atoms with E-state index in [2.05, 4.69) is 12.2 Å². The molecule has 1 N–H and O–H groups in total. The molecule has 4 heteroatoms. The summed E-state index contributed by atoms with van der Waals surface area (Å²) in [6.07, 6.45) is 0.965. The smallest absolute Gasteiger partial charge is 0.146 e. The van der Waals surface area contributed by atoms with Crippen LogP contribution in [0.25, 0.3) is 0 Å². The first-order chi connectivity index (χ1) is 7.65. The highest BCUT2D eigenvalue weighted by Crippen LogP contribution is 2.17. The Hall–Kier alpha value is -0.310. The van der Waals surface area contributed by atoms with Crippen molar-refractivity contribution in [1.29, 1.82) is 0 Å². The SMILES string of the molecule is CC(CCCl)CNCc1cccc(Cl)c1F. The number of benzene rings is 1. The minimum atomic E-state index is -0.332. The number of hydrogen-bond acceptors (Lipinski definition) is 1. The van der Waals surface area contributed by atoms with Gasteiger partial charge in [-0.05, 0) is 24.9 Å². The largest absolute Gasteiger partial charge is 0.312 e. The fraction of sp³-hybridized carbons (Fsp3) is 0.500. The summed E-state index contributed by atoms with van der Waals surface area (Å²) in [5.74, 6) is 0.829. The molecule has 0 radical (unpaired) electrons. The normalized spacial score (nSPS) is 12.8. The first-order valence-corrected chi connectivity index (χ1v) is 6.26. The van der Waals surface area contributed by atoms with Gasteiger partial charge in [0.15, 0.2) is 0 Å². The van der Waals surface area contributed by atoms with Gasteiger partial charge in [0.1, 0.15) is 5.82 Å². The van der Waals surface area contributed by atoms with Gasteiger partial charge in [0, 0.05) is 18.0 Å². The van der Waals surface area contributed by atoms with Gasteiger partial charge in [0.2, 0.25) is 0 Å². The Morgan fingerprint density at radius 1 is 1.44 bits per heavy atom. The summed E-state index contributed by atoms with van der Waals surface area (Å²) in [6.45, 7) is 3.45. The van der Waals surface area contributed by atoms with Crippen LogP contribution in [-0.2, 0) is 6.54 Å². The molecule has 0 aromatic heterocycles. The van der Waals surface area contributed by atoms with Crippen molar-refractivity contribution in [1.82, 2.24) is 5.32 Å². The van der Waals surface area contributed by atoms with Crippen LogP contribution in [0, 0.1) is 11.7 Å². The van der Waals surface area contributed by atoms with E-state index in [-0.39, 0.29) is 10.8 Å². The summed E-state index contributed by atoms with van der Waals surface area (Å²) in [4.78, 5) is 0. The average Bonchev–Trinajstić information content (AvgIpc) is 2.25. The van der Waals surface area contributed by atoms with E-state index in [1.165, 1.54) is 0 Å². The van der Waals surface area contributed by atoms with Gasteiger partial charge in [0.25, 0.3) is 0 Å². The third-order valence-electron chi connectivity index (χ3n) is 2.44. The fourth-order valence-electron chi connectivity index (χ4n) is 1.43. The molecule has 1 aromatic carbocycles. The topological polar surface area (TPSA) is 12.0 Å². The van der Waals surface area contributed by atoms with E-state index in [9.17, 15) is 4.39 Å². The third-order valence-corrected chi connectivity index (χ3v) is 2.95. The van der Waals surface area contributed by atoms with Crippen LogP contribution < -0.4 is 5.32 Å². The standard InChI is InChI=1S/C12H16Cl2FN/c1-9(5-6-13)7-16-8-10-3-2-4-11(14)12(10)15/h2-4,9,16H,5-8H2,1H3. The highest BCUT2D eigenvalue weighted by molar-refractivity contribution is 6.30. The van der Waals surface area contributed by atoms with Gasteiger partial charge < -0.3 is 5.32 Å². The van der Waals surface area contributed by atoms with E-state index in [4.69, 9.17) is 23.2 Å². The van der Waals surface area contributed by atoms with Crippen LogP contribution in [0.5, 0.6) is 0 Å². The minimum absolute atomic E-state index is 0.174. The quantitative estimate of drug-likeness (QED) is 0.770. The molecule has 0 heterocycles. The molecule has 90 valence electrons. The van der Waals surface area contributed by atoms with Crippen molar-refractivity contribution in [3.63, 3.8) is 0 Å². The van der Waals surface area contributed by atoms with Crippen molar-refractivity contribution in [2.45, 2.75) is 19.9 Å². The predicted octanol–water partition coefficient (Wildman–Crippen LogP) is 3.83. The second-order valence-electron chi connectivity index (χ2n) is 3.93. The Kier molecular flexibility index (Phi) is 6.10. The van der Waals surface area contributed by atoms with Gasteiger partial charge in [0.05, 0.1) is 5.02 Å². The Morgan fingerprint density at radius 2 is 2.19 bits per heavy atom. The second kappa shape index (κ2) is 7.10.